The maximum atomic E-state index is 5.76. The monoisotopic (exact) mass is 541 g/mol. The maximum Gasteiger partial charge on any atom is 0.122 e. The zero-order valence-corrected chi connectivity index (χ0v) is 25.5. The number of ether oxygens (including phenoxy) is 1. The molecule has 4 radical (unpaired) electrons. The molecule has 4 heteroatoms. The summed E-state index contributed by atoms with van der Waals surface area (Å²) in [6.07, 6.45) is 10.0. The standard InChI is InChI=1S/C14H21NOSi.3C4H10.Sn/c1-17(2,3)11-10-16-12-15-9-8-13-6-4-5-7-14(13)15;3*1-3-4-2;/h4-9H,10-12H2,1-3H3;3*3-4H2,1-2H3;. The van der Waals surface area contributed by atoms with Crippen molar-refractivity contribution in [2.24, 2.45) is 0 Å². The zero-order valence-electron chi connectivity index (χ0n) is 21.7. The predicted molar refractivity (Wildman–Crippen MR) is 144 cm³/mol. The summed E-state index contributed by atoms with van der Waals surface area (Å²) in [7, 11) is -0.967. The number of nitrogens with zero attached hydrogens (tertiary/aromatic N) is 1. The number of aromatic nitrogens is 1. The van der Waals surface area contributed by atoms with Crippen LogP contribution in [0.25, 0.3) is 10.9 Å². The van der Waals surface area contributed by atoms with Crippen LogP contribution >= 0.6 is 0 Å². The molecule has 2 nitrogen and oxygen atoms in total. The van der Waals surface area contributed by atoms with Gasteiger partial charge in [0.2, 0.25) is 0 Å². The topological polar surface area (TPSA) is 14.2 Å². The molecule has 0 amide bonds. The van der Waals surface area contributed by atoms with Crippen molar-refractivity contribution in [3.8, 4) is 0 Å². The second-order valence-electron chi connectivity index (χ2n) is 8.69. The van der Waals surface area contributed by atoms with E-state index in [2.05, 4.69) is 102 Å². The summed E-state index contributed by atoms with van der Waals surface area (Å²) in [6.45, 7) is 21.8. The fourth-order valence-electron chi connectivity index (χ4n) is 1.79. The molecule has 0 bridgehead atoms. The van der Waals surface area contributed by atoms with Crippen LogP contribution in [0, 0.1) is 0 Å². The van der Waals surface area contributed by atoms with Gasteiger partial charge in [0.05, 0.1) is 0 Å². The Morgan fingerprint density at radius 2 is 1.20 bits per heavy atom. The van der Waals surface area contributed by atoms with Crippen LogP contribution in [0.3, 0.4) is 0 Å². The van der Waals surface area contributed by atoms with E-state index in [9.17, 15) is 0 Å². The van der Waals surface area contributed by atoms with Gasteiger partial charge in [-0.2, -0.15) is 0 Å². The summed E-state index contributed by atoms with van der Waals surface area (Å²) in [5, 5.41) is 1.28. The maximum absolute atomic E-state index is 5.76. The summed E-state index contributed by atoms with van der Waals surface area (Å²) in [6, 6.07) is 11.8. The van der Waals surface area contributed by atoms with Crippen molar-refractivity contribution < 1.29 is 4.74 Å². The average molecular weight is 540 g/mol. The normalized spacial score (nSPS) is 9.90. The van der Waals surface area contributed by atoms with Gasteiger partial charge in [0, 0.05) is 50.3 Å². The van der Waals surface area contributed by atoms with Crippen molar-refractivity contribution >= 4 is 42.9 Å². The van der Waals surface area contributed by atoms with Crippen LogP contribution in [-0.4, -0.2) is 43.2 Å². The second kappa shape index (κ2) is 23.4. The van der Waals surface area contributed by atoms with Gasteiger partial charge in [0.15, 0.2) is 0 Å². The van der Waals surface area contributed by atoms with E-state index in [0.29, 0.717) is 6.73 Å². The summed E-state index contributed by atoms with van der Waals surface area (Å²) in [4.78, 5) is 0. The molecular formula is C26H51NOSiSn. The summed E-state index contributed by atoms with van der Waals surface area (Å²) in [5.74, 6) is 0. The summed E-state index contributed by atoms with van der Waals surface area (Å²) in [5.41, 5.74) is 1.25. The first-order valence-corrected chi connectivity index (χ1v) is 15.6. The Morgan fingerprint density at radius 3 is 1.63 bits per heavy atom. The van der Waals surface area contributed by atoms with Crippen molar-refractivity contribution in [1.82, 2.24) is 4.57 Å². The third-order valence-corrected chi connectivity index (χ3v) is 6.11. The first-order chi connectivity index (χ1) is 13.8. The molecule has 0 N–H and O–H groups in total. The summed E-state index contributed by atoms with van der Waals surface area (Å²) >= 11 is 0. The van der Waals surface area contributed by atoms with Gasteiger partial charge in [0.25, 0.3) is 0 Å². The number of hydrogen-bond acceptors (Lipinski definition) is 1. The number of benzene rings is 1. The van der Waals surface area contributed by atoms with Crippen LogP contribution < -0.4 is 0 Å². The van der Waals surface area contributed by atoms with Gasteiger partial charge < -0.3 is 9.30 Å². The molecule has 1 heterocycles. The van der Waals surface area contributed by atoms with E-state index in [1.807, 2.05) is 0 Å². The largest absolute Gasteiger partial charge is 0.361 e. The van der Waals surface area contributed by atoms with Crippen molar-refractivity contribution in [3.05, 3.63) is 36.5 Å². The van der Waals surface area contributed by atoms with E-state index in [0.717, 1.165) is 6.61 Å². The molecule has 0 fully saturated rings. The smallest absolute Gasteiger partial charge is 0.122 e. The van der Waals surface area contributed by atoms with Crippen molar-refractivity contribution in [2.45, 2.75) is 112 Å². The van der Waals surface area contributed by atoms with Crippen LogP contribution in [0.5, 0.6) is 0 Å². The average Bonchev–Trinajstić information content (AvgIpc) is 3.14. The molecule has 0 saturated carbocycles. The van der Waals surface area contributed by atoms with Crippen molar-refractivity contribution in [3.63, 3.8) is 0 Å². The Morgan fingerprint density at radius 1 is 0.733 bits per heavy atom. The number of unbranched alkanes of at least 4 members (excludes halogenated alkanes) is 3. The SMILES string of the molecule is CCCC.CCCC.CCCC.C[Si](C)(C)CCOCn1ccc2ccccc21.[Sn]. The Hall–Kier alpha value is -0.264. The molecule has 0 aliphatic rings. The van der Waals surface area contributed by atoms with Gasteiger partial charge in [-0.15, -0.1) is 0 Å². The third-order valence-electron chi connectivity index (χ3n) is 4.41. The molecule has 1 aromatic heterocycles. The molecular weight excluding hydrogens is 489 g/mol. The molecule has 0 spiro atoms. The fourth-order valence-corrected chi connectivity index (χ4v) is 2.55. The molecule has 2 rings (SSSR count). The van der Waals surface area contributed by atoms with Gasteiger partial charge in [-0.3, -0.25) is 0 Å². The molecule has 0 unspecified atom stereocenters. The van der Waals surface area contributed by atoms with Crippen molar-refractivity contribution in [1.29, 1.82) is 0 Å². The molecule has 0 atom stereocenters. The van der Waals surface area contributed by atoms with Crippen LogP contribution in [0.15, 0.2) is 36.5 Å². The van der Waals surface area contributed by atoms with E-state index in [1.54, 1.807) is 0 Å². The van der Waals surface area contributed by atoms with E-state index in [1.165, 1.54) is 55.5 Å². The summed E-state index contributed by atoms with van der Waals surface area (Å²) < 4.78 is 7.93. The predicted octanol–water partition coefficient (Wildman–Crippen LogP) is 8.99. The first kappa shape index (κ1) is 34.4. The van der Waals surface area contributed by atoms with Crippen LogP contribution in [0.1, 0.15) is 80.1 Å². The Balaban J connectivity index is -0.000000467. The minimum absolute atomic E-state index is 0. The number of fused-ring (bicyclic) bond motifs is 1. The molecule has 1 aromatic carbocycles. The Kier molecular flexibility index (Phi) is 26.8. The number of hydrogen-bond donors (Lipinski definition) is 0. The fraction of sp³-hybridized carbons (Fsp3) is 0.692. The second-order valence-corrected chi connectivity index (χ2v) is 14.3. The molecule has 0 saturated heterocycles. The number of para-hydroxylation sites is 1. The van der Waals surface area contributed by atoms with Crippen LogP contribution in [0.4, 0.5) is 0 Å². The van der Waals surface area contributed by atoms with E-state index in [4.69, 9.17) is 4.74 Å². The number of rotatable bonds is 8. The molecule has 0 aliphatic heterocycles. The van der Waals surface area contributed by atoms with Gasteiger partial charge in [-0.25, -0.2) is 0 Å². The van der Waals surface area contributed by atoms with E-state index >= 15 is 0 Å². The van der Waals surface area contributed by atoms with Gasteiger partial charge in [-0.05, 0) is 23.6 Å². The van der Waals surface area contributed by atoms with E-state index < -0.39 is 8.07 Å². The van der Waals surface area contributed by atoms with E-state index in [-0.39, 0.29) is 23.9 Å². The molecule has 174 valence electrons. The minimum Gasteiger partial charge on any atom is -0.361 e. The first-order valence-electron chi connectivity index (χ1n) is 11.9. The van der Waals surface area contributed by atoms with Gasteiger partial charge >= 0.3 is 0 Å². The quantitative estimate of drug-likeness (QED) is 0.241. The Bertz CT molecular complexity index is 562. The molecule has 30 heavy (non-hydrogen) atoms. The Labute approximate surface area is 207 Å². The zero-order chi connectivity index (χ0) is 22.5. The third kappa shape index (κ3) is 21.0. The van der Waals surface area contributed by atoms with Crippen molar-refractivity contribution in [2.75, 3.05) is 6.61 Å². The van der Waals surface area contributed by atoms with Gasteiger partial charge in [0.1, 0.15) is 6.73 Å². The van der Waals surface area contributed by atoms with Gasteiger partial charge in [-0.1, -0.05) is 118 Å². The van der Waals surface area contributed by atoms with Crippen LogP contribution in [-0.2, 0) is 11.5 Å². The molecule has 0 aliphatic carbocycles. The minimum atomic E-state index is -0.967. The van der Waals surface area contributed by atoms with Crippen LogP contribution in [0.2, 0.25) is 25.7 Å². The molecule has 2 aromatic rings.